The van der Waals surface area contributed by atoms with Crippen LogP contribution in [-0.2, 0) is 17.9 Å². The van der Waals surface area contributed by atoms with E-state index in [1.807, 2.05) is 18.3 Å². The SMILES string of the molecule is COCc1cc(CNCCNc2ccncc2C)ccc1OC. The van der Waals surface area contributed by atoms with Crippen molar-refractivity contribution in [3.05, 3.63) is 53.3 Å². The van der Waals surface area contributed by atoms with E-state index in [1.165, 1.54) is 5.56 Å². The van der Waals surface area contributed by atoms with Crippen molar-refractivity contribution in [3.8, 4) is 5.75 Å². The molecule has 0 aliphatic carbocycles. The first-order valence-corrected chi connectivity index (χ1v) is 7.74. The molecule has 0 aliphatic heterocycles. The minimum Gasteiger partial charge on any atom is -0.496 e. The molecule has 2 aromatic rings. The number of methoxy groups -OCH3 is 2. The minimum absolute atomic E-state index is 0.555. The third-order valence-corrected chi connectivity index (χ3v) is 3.61. The molecule has 124 valence electrons. The Hall–Kier alpha value is -2.11. The summed E-state index contributed by atoms with van der Waals surface area (Å²) < 4.78 is 10.6. The maximum Gasteiger partial charge on any atom is 0.124 e. The van der Waals surface area contributed by atoms with Crippen LogP contribution in [0.15, 0.2) is 36.7 Å². The van der Waals surface area contributed by atoms with Gasteiger partial charge in [-0.2, -0.15) is 0 Å². The molecule has 5 nitrogen and oxygen atoms in total. The zero-order chi connectivity index (χ0) is 16.5. The Bertz CT molecular complexity index is 617. The Morgan fingerprint density at radius 2 is 2.00 bits per heavy atom. The van der Waals surface area contributed by atoms with Gasteiger partial charge in [-0.1, -0.05) is 6.07 Å². The van der Waals surface area contributed by atoms with E-state index >= 15 is 0 Å². The van der Waals surface area contributed by atoms with Gasteiger partial charge < -0.3 is 20.1 Å². The van der Waals surface area contributed by atoms with Crippen LogP contribution in [0, 0.1) is 6.92 Å². The van der Waals surface area contributed by atoms with E-state index in [1.54, 1.807) is 20.4 Å². The highest BCUT2D eigenvalue weighted by molar-refractivity contribution is 5.48. The van der Waals surface area contributed by atoms with E-state index in [4.69, 9.17) is 9.47 Å². The first-order valence-electron chi connectivity index (χ1n) is 7.74. The highest BCUT2D eigenvalue weighted by Gasteiger charge is 2.04. The number of nitrogens with zero attached hydrogens (tertiary/aromatic N) is 1. The Morgan fingerprint density at radius 3 is 2.74 bits per heavy atom. The Morgan fingerprint density at radius 1 is 1.13 bits per heavy atom. The number of nitrogens with one attached hydrogen (secondary N) is 2. The summed E-state index contributed by atoms with van der Waals surface area (Å²) >= 11 is 0. The van der Waals surface area contributed by atoms with Crippen molar-refractivity contribution in [2.45, 2.75) is 20.1 Å². The van der Waals surface area contributed by atoms with Crippen LogP contribution >= 0.6 is 0 Å². The molecule has 1 heterocycles. The molecule has 0 saturated heterocycles. The molecule has 0 unspecified atom stereocenters. The lowest BCUT2D eigenvalue weighted by molar-refractivity contribution is 0.181. The lowest BCUT2D eigenvalue weighted by Crippen LogP contribution is -2.22. The normalized spacial score (nSPS) is 10.6. The third kappa shape index (κ3) is 5.23. The van der Waals surface area contributed by atoms with Gasteiger partial charge in [0.05, 0.1) is 13.7 Å². The standard InChI is InChI=1S/C18H25N3O2/c1-14-11-19-7-6-17(14)21-9-8-20-12-15-4-5-18(23-3)16(10-15)13-22-2/h4-7,10-11,20H,8-9,12-13H2,1-3H3,(H,19,21). The number of hydrogen-bond donors (Lipinski definition) is 2. The molecule has 1 aromatic heterocycles. The van der Waals surface area contributed by atoms with Gasteiger partial charge in [-0.05, 0) is 36.2 Å². The molecule has 2 N–H and O–H groups in total. The van der Waals surface area contributed by atoms with E-state index in [9.17, 15) is 0 Å². The summed E-state index contributed by atoms with van der Waals surface area (Å²) in [5.41, 5.74) is 4.58. The summed E-state index contributed by atoms with van der Waals surface area (Å²) in [5, 5.41) is 6.85. The average Bonchev–Trinajstić information content (AvgIpc) is 2.57. The Balaban J connectivity index is 1.78. The second-order valence-corrected chi connectivity index (χ2v) is 5.37. The number of ether oxygens (including phenoxy) is 2. The van der Waals surface area contributed by atoms with Crippen LogP contribution in [0.1, 0.15) is 16.7 Å². The first kappa shape index (κ1) is 17.2. The fraction of sp³-hybridized carbons (Fsp3) is 0.389. The molecule has 0 fully saturated rings. The molecule has 23 heavy (non-hydrogen) atoms. The predicted molar refractivity (Wildman–Crippen MR) is 92.9 cm³/mol. The van der Waals surface area contributed by atoms with Crippen LogP contribution in [0.3, 0.4) is 0 Å². The van der Waals surface area contributed by atoms with E-state index in [-0.39, 0.29) is 0 Å². The molecule has 0 radical (unpaired) electrons. The van der Waals surface area contributed by atoms with Gasteiger partial charge in [0, 0.05) is 50.4 Å². The lowest BCUT2D eigenvalue weighted by atomic mass is 10.1. The van der Waals surface area contributed by atoms with Crippen LogP contribution in [0.5, 0.6) is 5.75 Å². The molecular formula is C18H25N3O2. The van der Waals surface area contributed by atoms with Crippen LogP contribution in [0.2, 0.25) is 0 Å². The molecule has 0 aliphatic rings. The fourth-order valence-corrected chi connectivity index (χ4v) is 2.40. The largest absolute Gasteiger partial charge is 0.496 e. The van der Waals surface area contributed by atoms with Crippen LogP contribution in [-0.4, -0.2) is 32.3 Å². The average molecular weight is 315 g/mol. The van der Waals surface area contributed by atoms with Gasteiger partial charge in [-0.15, -0.1) is 0 Å². The Labute approximate surface area is 138 Å². The molecule has 0 bridgehead atoms. The number of aryl methyl sites for hydroxylation is 1. The minimum atomic E-state index is 0.555. The van der Waals surface area contributed by atoms with Crippen molar-refractivity contribution in [2.75, 3.05) is 32.6 Å². The smallest absolute Gasteiger partial charge is 0.124 e. The number of pyridine rings is 1. The number of benzene rings is 1. The summed E-state index contributed by atoms with van der Waals surface area (Å²) in [5.74, 6) is 0.866. The fourth-order valence-electron chi connectivity index (χ4n) is 2.40. The second-order valence-electron chi connectivity index (χ2n) is 5.37. The van der Waals surface area contributed by atoms with Crippen molar-refractivity contribution < 1.29 is 9.47 Å². The number of hydrogen-bond acceptors (Lipinski definition) is 5. The zero-order valence-electron chi connectivity index (χ0n) is 14.1. The second kappa shape index (κ2) is 9.12. The summed E-state index contributed by atoms with van der Waals surface area (Å²) in [6.45, 7) is 5.17. The van der Waals surface area contributed by atoms with Crippen molar-refractivity contribution in [1.29, 1.82) is 0 Å². The van der Waals surface area contributed by atoms with Crippen molar-refractivity contribution in [1.82, 2.24) is 10.3 Å². The van der Waals surface area contributed by atoms with Gasteiger partial charge >= 0.3 is 0 Å². The van der Waals surface area contributed by atoms with Crippen molar-refractivity contribution in [2.24, 2.45) is 0 Å². The predicted octanol–water partition coefficient (Wildman–Crippen LogP) is 2.75. The molecule has 0 atom stereocenters. The van der Waals surface area contributed by atoms with E-state index in [0.717, 1.165) is 42.2 Å². The quantitative estimate of drug-likeness (QED) is 0.697. The summed E-state index contributed by atoms with van der Waals surface area (Å²) in [7, 11) is 3.37. The van der Waals surface area contributed by atoms with E-state index in [0.29, 0.717) is 6.61 Å². The third-order valence-electron chi connectivity index (χ3n) is 3.61. The molecule has 2 rings (SSSR count). The van der Waals surface area contributed by atoms with Gasteiger partial charge in [0.25, 0.3) is 0 Å². The lowest BCUT2D eigenvalue weighted by Gasteiger charge is -2.12. The van der Waals surface area contributed by atoms with Crippen molar-refractivity contribution >= 4 is 5.69 Å². The van der Waals surface area contributed by atoms with E-state index < -0.39 is 0 Å². The molecule has 5 heteroatoms. The first-order chi connectivity index (χ1) is 11.2. The van der Waals surface area contributed by atoms with Crippen LogP contribution in [0.4, 0.5) is 5.69 Å². The van der Waals surface area contributed by atoms with Crippen LogP contribution < -0.4 is 15.4 Å². The Kier molecular flexibility index (Phi) is 6.84. The maximum atomic E-state index is 5.34. The summed E-state index contributed by atoms with van der Waals surface area (Å²) in [6.07, 6.45) is 3.67. The highest BCUT2D eigenvalue weighted by Crippen LogP contribution is 2.20. The van der Waals surface area contributed by atoms with E-state index in [2.05, 4.69) is 34.7 Å². The van der Waals surface area contributed by atoms with Crippen LogP contribution in [0.25, 0.3) is 0 Å². The molecule has 0 spiro atoms. The molecule has 0 amide bonds. The molecule has 1 aromatic carbocycles. The van der Waals surface area contributed by atoms with Gasteiger partial charge in [-0.25, -0.2) is 0 Å². The van der Waals surface area contributed by atoms with Gasteiger partial charge in [0.15, 0.2) is 0 Å². The highest BCUT2D eigenvalue weighted by atomic mass is 16.5. The monoisotopic (exact) mass is 315 g/mol. The topological polar surface area (TPSA) is 55.4 Å². The number of aromatic nitrogens is 1. The number of anilines is 1. The van der Waals surface area contributed by atoms with Gasteiger partial charge in [-0.3, -0.25) is 4.98 Å². The van der Waals surface area contributed by atoms with Crippen molar-refractivity contribution in [3.63, 3.8) is 0 Å². The van der Waals surface area contributed by atoms with Gasteiger partial charge in [0.2, 0.25) is 0 Å². The summed E-state index contributed by atoms with van der Waals surface area (Å²) in [4.78, 5) is 4.09. The molecule has 0 saturated carbocycles. The number of rotatable bonds is 9. The maximum absolute atomic E-state index is 5.34. The molecular weight excluding hydrogens is 290 g/mol. The zero-order valence-corrected chi connectivity index (χ0v) is 14.1. The van der Waals surface area contributed by atoms with Gasteiger partial charge in [0.1, 0.15) is 5.75 Å². The summed E-state index contributed by atoms with van der Waals surface area (Å²) in [6, 6.07) is 8.18.